The monoisotopic (exact) mass is 376 g/mol. The summed E-state index contributed by atoms with van der Waals surface area (Å²) in [6.07, 6.45) is -3.82. The Balaban J connectivity index is 1.70. The summed E-state index contributed by atoms with van der Waals surface area (Å²) in [5.41, 5.74) is 0.235. The van der Waals surface area contributed by atoms with Crippen molar-refractivity contribution in [1.29, 1.82) is 0 Å². The lowest BCUT2D eigenvalue weighted by atomic mass is 10.1. The summed E-state index contributed by atoms with van der Waals surface area (Å²) < 4.78 is 42.5. The number of carbonyl (C=O) groups is 3. The van der Waals surface area contributed by atoms with Gasteiger partial charge in [-0.25, -0.2) is 14.4 Å². The highest BCUT2D eigenvalue weighted by atomic mass is 19.3. The Morgan fingerprint density at radius 2 is 1.44 bits per heavy atom. The standard InChI is InChI=1S/C19H14F2O6/c20-19(21)15(27-17(23)13-9-5-2-6-10-13)14(26-18(19)24)11-25-16(22)12-7-3-1-4-8-12/h1-10,14-15H,11H2/t14-,15?/m0/s1. The first kappa shape index (κ1) is 18.5. The van der Waals surface area contributed by atoms with Crippen molar-refractivity contribution in [2.24, 2.45) is 0 Å². The van der Waals surface area contributed by atoms with Gasteiger partial charge in [-0.15, -0.1) is 0 Å². The largest absolute Gasteiger partial charge is 0.458 e. The van der Waals surface area contributed by atoms with E-state index in [0.717, 1.165) is 0 Å². The lowest BCUT2D eigenvalue weighted by molar-refractivity contribution is -0.163. The molecule has 0 saturated carbocycles. The van der Waals surface area contributed by atoms with E-state index in [1.807, 2.05) is 0 Å². The maximum atomic E-state index is 14.1. The lowest BCUT2D eigenvalue weighted by Gasteiger charge is -2.20. The minimum Gasteiger partial charge on any atom is -0.458 e. The third kappa shape index (κ3) is 3.94. The average molecular weight is 376 g/mol. The fourth-order valence-electron chi connectivity index (χ4n) is 2.47. The molecule has 1 fully saturated rings. The summed E-state index contributed by atoms with van der Waals surface area (Å²) in [6.45, 7) is -0.679. The first-order chi connectivity index (χ1) is 12.9. The maximum Gasteiger partial charge on any atom is 0.382 e. The third-order valence-corrected chi connectivity index (χ3v) is 3.86. The van der Waals surface area contributed by atoms with E-state index in [9.17, 15) is 23.2 Å². The predicted molar refractivity (Wildman–Crippen MR) is 87.2 cm³/mol. The topological polar surface area (TPSA) is 78.9 Å². The van der Waals surface area contributed by atoms with Crippen LogP contribution in [-0.2, 0) is 19.0 Å². The van der Waals surface area contributed by atoms with E-state index >= 15 is 0 Å². The van der Waals surface area contributed by atoms with Gasteiger partial charge in [-0.2, -0.15) is 8.78 Å². The van der Waals surface area contributed by atoms with E-state index in [1.165, 1.54) is 36.4 Å². The molecule has 1 saturated heterocycles. The number of rotatable bonds is 5. The van der Waals surface area contributed by atoms with E-state index in [1.54, 1.807) is 24.3 Å². The molecule has 0 N–H and O–H groups in total. The Hall–Kier alpha value is -3.29. The summed E-state index contributed by atoms with van der Waals surface area (Å²) in [6, 6.07) is 15.3. The van der Waals surface area contributed by atoms with Gasteiger partial charge in [-0.05, 0) is 24.3 Å². The molecule has 0 radical (unpaired) electrons. The fourth-order valence-corrected chi connectivity index (χ4v) is 2.47. The second-order valence-electron chi connectivity index (χ2n) is 5.72. The van der Waals surface area contributed by atoms with E-state index in [2.05, 4.69) is 4.74 Å². The fraction of sp³-hybridized carbons (Fsp3) is 0.211. The number of hydrogen-bond acceptors (Lipinski definition) is 6. The van der Waals surface area contributed by atoms with Crippen molar-refractivity contribution >= 4 is 17.9 Å². The number of benzene rings is 2. The molecule has 0 bridgehead atoms. The molecule has 1 unspecified atom stereocenters. The second kappa shape index (κ2) is 7.53. The number of halogens is 2. The molecule has 0 aromatic heterocycles. The molecule has 8 heteroatoms. The first-order valence-corrected chi connectivity index (χ1v) is 7.96. The number of cyclic esters (lactones) is 1. The van der Waals surface area contributed by atoms with Gasteiger partial charge in [0.25, 0.3) is 0 Å². The highest BCUT2D eigenvalue weighted by molar-refractivity contribution is 5.91. The molecule has 2 aromatic carbocycles. The summed E-state index contributed by atoms with van der Waals surface area (Å²) >= 11 is 0. The van der Waals surface area contributed by atoms with Gasteiger partial charge >= 0.3 is 23.8 Å². The van der Waals surface area contributed by atoms with Gasteiger partial charge in [-0.3, -0.25) is 0 Å². The molecule has 6 nitrogen and oxygen atoms in total. The maximum absolute atomic E-state index is 14.1. The normalized spacial score (nSPS) is 20.6. The Morgan fingerprint density at radius 3 is 2.00 bits per heavy atom. The summed E-state index contributed by atoms with van der Waals surface area (Å²) in [5, 5.41) is 0. The van der Waals surface area contributed by atoms with Crippen LogP contribution in [0.3, 0.4) is 0 Å². The summed E-state index contributed by atoms with van der Waals surface area (Å²) in [5.74, 6) is -7.71. The lowest BCUT2D eigenvalue weighted by Crippen LogP contribution is -2.43. The molecule has 140 valence electrons. The molecular weight excluding hydrogens is 362 g/mol. The summed E-state index contributed by atoms with van der Waals surface area (Å²) in [7, 11) is 0. The number of esters is 3. The van der Waals surface area contributed by atoms with Crippen LogP contribution in [0.5, 0.6) is 0 Å². The van der Waals surface area contributed by atoms with Crippen LogP contribution in [0.25, 0.3) is 0 Å². The summed E-state index contributed by atoms with van der Waals surface area (Å²) in [4.78, 5) is 35.5. The zero-order valence-corrected chi connectivity index (χ0v) is 13.8. The molecular formula is C19H14F2O6. The molecule has 27 heavy (non-hydrogen) atoms. The number of carbonyl (C=O) groups excluding carboxylic acids is 3. The van der Waals surface area contributed by atoms with Gasteiger partial charge < -0.3 is 14.2 Å². The number of hydrogen-bond donors (Lipinski definition) is 0. The zero-order chi connectivity index (χ0) is 19.4. The Labute approximate surface area is 152 Å². The van der Waals surface area contributed by atoms with Crippen molar-refractivity contribution in [3.63, 3.8) is 0 Å². The van der Waals surface area contributed by atoms with Crippen molar-refractivity contribution in [2.45, 2.75) is 18.1 Å². The van der Waals surface area contributed by atoms with Gasteiger partial charge in [0.2, 0.25) is 6.10 Å². The van der Waals surface area contributed by atoms with Gasteiger partial charge in [-0.1, -0.05) is 36.4 Å². The number of ether oxygens (including phenoxy) is 3. The highest BCUT2D eigenvalue weighted by Crippen LogP contribution is 2.34. The molecule has 1 heterocycles. The van der Waals surface area contributed by atoms with Crippen LogP contribution in [0.1, 0.15) is 20.7 Å². The molecule has 1 aliphatic heterocycles. The van der Waals surface area contributed by atoms with Crippen molar-refractivity contribution < 1.29 is 37.4 Å². The Bertz CT molecular complexity index is 838. The van der Waals surface area contributed by atoms with Crippen LogP contribution in [-0.4, -0.2) is 42.6 Å². The third-order valence-electron chi connectivity index (χ3n) is 3.86. The minimum absolute atomic E-state index is 0.0349. The predicted octanol–water partition coefficient (Wildman–Crippen LogP) is 2.63. The SMILES string of the molecule is O=C(OC[C@@H]1OC(=O)C(F)(F)C1OC(=O)c1ccccc1)c1ccccc1. The van der Waals surface area contributed by atoms with Crippen LogP contribution in [0.2, 0.25) is 0 Å². The van der Waals surface area contributed by atoms with Crippen molar-refractivity contribution in [3.05, 3.63) is 71.8 Å². The van der Waals surface area contributed by atoms with E-state index < -0.39 is 42.6 Å². The quantitative estimate of drug-likeness (QED) is 0.590. The molecule has 2 atom stereocenters. The number of alkyl halides is 2. The van der Waals surface area contributed by atoms with E-state index in [4.69, 9.17) is 9.47 Å². The minimum atomic E-state index is -4.05. The molecule has 0 amide bonds. The Morgan fingerprint density at radius 1 is 0.926 bits per heavy atom. The van der Waals surface area contributed by atoms with Crippen LogP contribution in [0.4, 0.5) is 8.78 Å². The van der Waals surface area contributed by atoms with Crippen LogP contribution < -0.4 is 0 Å². The molecule has 3 rings (SSSR count). The van der Waals surface area contributed by atoms with Crippen LogP contribution >= 0.6 is 0 Å². The van der Waals surface area contributed by atoms with Gasteiger partial charge in [0.05, 0.1) is 11.1 Å². The van der Waals surface area contributed by atoms with E-state index in [-0.39, 0.29) is 11.1 Å². The van der Waals surface area contributed by atoms with Crippen molar-refractivity contribution in [3.8, 4) is 0 Å². The molecule has 1 aliphatic rings. The van der Waals surface area contributed by atoms with Crippen molar-refractivity contribution in [1.82, 2.24) is 0 Å². The molecule has 0 aliphatic carbocycles. The van der Waals surface area contributed by atoms with Gasteiger partial charge in [0, 0.05) is 0 Å². The molecule has 0 spiro atoms. The Kier molecular flexibility index (Phi) is 5.16. The average Bonchev–Trinajstić information content (AvgIpc) is 2.90. The highest BCUT2D eigenvalue weighted by Gasteiger charge is 2.63. The van der Waals surface area contributed by atoms with Gasteiger partial charge in [0.15, 0.2) is 6.10 Å². The van der Waals surface area contributed by atoms with Gasteiger partial charge in [0.1, 0.15) is 6.61 Å². The van der Waals surface area contributed by atoms with E-state index in [0.29, 0.717) is 0 Å². The van der Waals surface area contributed by atoms with Crippen LogP contribution in [0, 0.1) is 0 Å². The second-order valence-corrected chi connectivity index (χ2v) is 5.72. The smallest absolute Gasteiger partial charge is 0.382 e. The van der Waals surface area contributed by atoms with Crippen molar-refractivity contribution in [2.75, 3.05) is 6.61 Å². The first-order valence-electron chi connectivity index (χ1n) is 7.96. The molecule has 2 aromatic rings. The zero-order valence-electron chi connectivity index (χ0n) is 13.8. The van der Waals surface area contributed by atoms with Crippen LogP contribution in [0.15, 0.2) is 60.7 Å².